The normalized spacial score (nSPS) is 10.7. The standard InChI is InChI=1S/C13H15N3O/c1-15(12-5-8-14-9-6-12)16-10-3-4-13(16)7-11-17-2/h3-11H,1-2H3. The van der Waals surface area contributed by atoms with Gasteiger partial charge in [-0.2, -0.15) is 0 Å². The third-order valence-corrected chi connectivity index (χ3v) is 2.49. The van der Waals surface area contributed by atoms with Crippen LogP contribution in [0, 0.1) is 0 Å². The zero-order chi connectivity index (χ0) is 12.1. The maximum Gasteiger partial charge on any atom is 0.0846 e. The summed E-state index contributed by atoms with van der Waals surface area (Å²) in [6, 6.07) is 7.94. The van der Waals surface area contributed by atoms with Crippen LogP contribution in [-0.4, -0.2) is 23.8 Å². The van der Waals surface area contributed by atoms with Crippen molar-refractivity contribution in [2.45, 2.75) is 0 Å². The van der Waals surface area contributed by atoms with Crippen molar-refractivity contribution in [3.63, 3.8) is 0 Å². The first kappa shape index (κ1) is 11.3. The van der Waals surface area contributed by atoms with Gasteiger partial charge in [0.05, 0.1) is 24.8 Å². The first-order chi connectivity index (χ1) is 8.33. The van der Waals surface area contributed by atoms with Gasteiger partial charge in [-0.05, 0) is 30.3 Å². The van der Waals surface area contributed by atoms with Crippen LogP contribution in [0.5, 0.6) is 0 Å². The second-order valence-corrected chi connectivity index (χ2v) is 3.55. The second kappa shape index (κ2) is 5.21. The van der Waals surface area contributed by atoms with Gasteiger partial charge in [-0.1, -0.05) is 0 Å². The lowest BCUT2D eigenvalue weighted by Gasteiger charge is -2.22. The smallest absolute Gasteiger partial charge is 0.0846 e. The van der Waals surface area contributed by atoms with E-state index in [-0.39, 0.29) is 0 Å². The van der Waals surface area contributed by atoms with Crippen LogP contribution in [0.3, 0.4) is 0 Å². The molecule has 0 radical (unpaired) electrons. The summed E-state index contributed by atoms with van der Waals surface area (Å²) >= 11 is 0. The van der Waals surface area contributed by atoms with Crippen LogP contribution in [0.25, 0.3) is 6.08 Å². The van der Waals surface area contributed by atoms with E-state index in [9.17, 15) is 0 Å². The molecule has 0 aliphatic heterocycles. The number of rotatable bonds is 4. The summed E-state index contributed by atoms with van der Waals surface area (Å²) in [5.74, 6) is 0. The van der Waals surface area contributed by atoms with E-state index in [1.54, 1.807) is 25.8 Å². The molecular formula is C13H15N3O. The van der Waals surface area contributed by atoms with Gasteiger partial charge in [0, 0.05) is 25.6 Å². The van der Waals surface area contributed by atoms with Crippen molar-refractivity contribution in [3.05, 3.63) is 54.8 Å². The average Bonchev–Trinajstić information content (AvgIpc) is 2.84. The quantitative estimate of drug-likeness (QED) is 0.754. The summed E-state index contributed by atoms with van der Waals surface area (Å²) in [4.78, 5) is 4.01. The van der Waals surface area contributed by atoms with Crippen LogP contribution in [0.1, 0.15) is 5.69 Å². The van der Waals surface area contributed by atoms with Crippen molar-refractivity contribution in [2.75, 3.05) is 19.2 Å². The third kappa shape index (κ3) is 2.47. The number of aromatic nitrogens is 2. The zero-order valence-electron chi connectivity index (χ0n) is 9.95. The van der Waals surface area contributed by atoms with Crippen molar-refractivity contribution in [3.8, 4) is 0 Å². The van der Waals surface area contributed by atoms with E-state index in [4.69, 9.17) is 4.74 Å². The summed E-state index contributed by atoms with van der Waals surface area (Å²) in [6.07, 6.45) is 9.12. The first-order valence-electron chi connectivity index (χ1n) is 5.33. The minimum absolute atomic E-state index is 1.05. The Morgan fingerprint density at radius 2 is 2.06 bits per heavy atom. The lowest BCUT2D eigenvalue weighted by molar-refractivity contribution is 0.341. The highest BCUT2D eigenvalue weighted by atomic mass is 16.5. The molecule has 0 saturated carbocycles. The van der Waals surface area contributed by atoms with Crippen molar-refractivity contribution in [2.24, 2.45) is 0 Å². The number of pyridine rings is 1. The van der Waals surface area contributed by atoms with E-state index >= 15 is 0 Å². The van der Waals surface area contributed by atoms with Crippen LogP contribution < -0.4 is 5.01 Å². The highest BCUT2D eigenvalue weighted by Crippen LogP contribution is 2.14. The SMILES string of the molecule is COC=Cc1cccn1N(C)c1ccncc1. The molecule has 0 saturated heterocycles. The van der Waals surface area contributed by atoms with Gasteiger partial charge in [0.25, 0.3) is 0 Å². The highest BCUT2D eigenvalue weighted by molar-refractivity contribution is 5.49. The van der Waals surface area contributed by atoms with Gasteiger partial charge < -0.3 is 4.74 Å². The second-order valence-electron chi connectivity index (χ2n) is 3.55. The fourth-order valence-corrected chi connectivity index (χ4v) is 1.61. The molecule has 0 atom stereocenters. The van der Waals surface area contributed by atoms with Crippen molar-refractivity contribution >= 4 is 11.8 Å². The molecule has 0 bridgehead atoms. The first-order valence-corrected chi connectivity index (χ1v) is 5.33. The molecule has 2 heterocycles. The summed E-state index contributed by atoms with van der Waals surface area (Å²) in [7, 11) is 3.63. The van der Waals surface area contributed by atoms with Crippen LogP contribution in [-0.2, 0) is 4.74 Å². The van der Waals surface area contributed by atoms with Crippen molar-refractivity contribution in [1.82, 2.24) is 9.66 Å². The summed E-state index contributed by atoms with van der Waals surface area (Å²) in [5, 5.41) is 2.04. The minimum atomic E-state index is 1.05. The molecule has 4 nitrogen and oxygen atoms in total. The molecule has 0 amide bonds. The zero-order valence-corrected chi connectivity index (χ0v) is 9.95. The topological polar surface area (TPSA) is 30.3 Å². The molecule has 17 heavy (non-hydrogen) atoms. The summed E-state index contributed by atoms with van der Waals surface area (Å²) < 4.78 is 6.97. The molecule has 2 aromatic rings. The maximum absolute atomic E-state index is 4.93. The molecule has 0 N–H and O–H groups in total. The molecule has 0 aromatic carbocycles. The maximum atomic E-state index is 4.93. The van der Waals surface area contributed by atoms with Crippen molar-refractivity contribution in [1.29, 1.82) is 0 Å². The van der Waals surface area contributed by atoms with Gasteiger partial charge in [-0.15, -0.1) is 0 Å². The van der Waals surface area contributed by atoms with Gasteiger partial charge in [0.15, 0.2) is 0 Å². The van der Waals surface area contributed by atoms with E-state index in [1.165, 1.54) is 0 Å². The Labute approximate surface area is 101 Å². The van der Waals surface area contributed by atoms with Crippen LogP contribution >= 0.6 is 0 Å². The Kier molecular flexibility index (Phi) is 3.45. The average molecular weight is 229 g/mol. The van der Waals surface area contributed by atoms with Gasteiger partial charge >= 0.3 is 0 Å². The minimum Gasteiger partial charge on any atom is -0.504 e. The Hall–Kier alpha value is -2.23. The van der Waals surface area contributed by atoms with E-state index in [2.05, 4.69) is 4.98 Å². The van der Waals surface area contributed by atoms with E-state index < -0.39 is 0 Å². The van der Waals surface area contributed by atoms with Crippen molar-refractivity contribution < 1.29 is 4.74 Å². The number of ether oxygens (including phenoxy) is 1. The number of methoxy groups -OCH3 is 1. The molecule has 0 unspecified atom stereocenters. The predicted octanol–water partition coefficient (Wildman–Crippen LogP) is 2.40. The third-order valence-electron chi connectivity index (χ3n) is 2.49. The molecule has 0 aliphatic carbocycles. The van der Waals surface area contributed by atoms with E-state index in [0.717, 1.165) is 11.4 Å². The van der Waals surface area contributed by atoms with E-state index in [1.807, 2.05) is 53.3 Å². The molecule has 2 aromatic heterocycles. The fourth-order valence-electron chi connectivity index (χ4n) is 1.61. The van der Waals surface area contributed by atoms with Gasteiger partial charge in [-0.3, -0.25) is 14.7 Å². The fraction of sp³-hybridized carbons (Fsp3) is 0.154. The molecular weight excluding hydrogens is 214 g/mol. The van der Waals surface area contributed by atoms with Crippen LogP contribution in [0.4, 0.5) is 5.69 Å². The predicted molar refractivity (Wildman–Crippen MR) is 68.5 cm³/mol. The van der Waals surface area contributed by atoms with E-state index in [0.29, 0.717) is 0 Å². The number of nitrogens with zero attached hydrogens (tertiary/aromatic N) is 3. The summed E-state index contributed by atoms with van der Waals surface area (Å²) in [6.45, 7) is 0. The Balaban J connectivity index is 2.28. The monoisotopic (exact) mass is 229 g/mol. The summed E-state index contributed by atoms with van der Waals surface area (Å²) in [5.41, 5.74) is 2.12. The Morgan fingerprint density at radius 3 is 2.76 bits per heavy atom. The van der Waals surface area contributed by atoms with Gasteiger partial charge in [0.1, 0.15) is 0 Å². The lowest BCUT2D eigenvalue weighted by atomic mass is 10.4. The molecule has 2 rings (SSSR count). The highest BCUT2D eigenvalue weighted by Gasteiger charge is 2.04. The molecule has 0 spiro atoms. The van der Waals surface area contributed by atoms with Gasteiger partial charge in [-0.25, -0.2) is 0 Å². The molecule has 88 valence electrons. The lowest BCUT2D eigenvalue weighted by Crippen LogP contribution is -2.24. The molecule has 0 aliphatic rings. The van der Waals surface area contributed by atoms with Gasteiger partial charge in [0.2, 0.25) is 0 Å². The van der Waals surface area contributed by atoms with Crippen LogP contribution in [0.15, 0.2) is 49.1 Å². The number of hydrogen-bond donors (Lipinski definition) is 0. The molecule has 4 heteroatoms. The largest absolute Gasteiger partial charge is 0.504 e. The van der Waals surface area contributed by atoms with Crippen LogP contribution in [0.2, 0.25) is 0 Å². The molecule has 0 fully saturated rings. The Bertz CT molecular complexity index is 490. The number of anilines is 1. The Morgan fingerprint density at radius 1 is 1.29 bits per heavy atom. The number of hydrogen-bond acceptors (Lipinski definition) is 3.